The van der Waals surface area contributed by atoms with Crippen molar-refractivity contribution in [2.45, 2.75) is 31.1 Å². The lowest BCUT2D eigenvalue weighted by atomic mass is 9.88. The maximum absolute atomic E-state index is 9.42. The van der Waals surface area contributed by atoms with E-state index in [1.54, 1.807) is 25.4 Å². The van der Waals surface area contributed by atoms with E-state index in [0.29, 0.717) is 17.6 Å². The van der Waals surface area contributed by atoms with Crippen LogP contribution in [0.15, 0.2) is 22.9 Å². The standard InChI is InChI=1S/C14H14N4O2/c1-19-11-8-10(4-7-16-11)12-17-13(20-18-12)14(9-15)5-2-3-6-14/h4,7-8H,2-3,5-6H2,1H3. The van der Waals surface area contributed by atoms with Crippen molar-refractivity contribution >= 4 is 0 Å². The summed E-state index contributed by atoms with van der Waals surface area (Å²) in [6.07, 6.45) is 5.23. The first-order valence-corrected chi connectivity index (χ1v) is 6.53. The highest BCUT2D eigenvalue weighted by Gasteiger charge is 2.41. The van der Waals surface area contributed by atoms with Gasteiger partial charge in [-0.3, -0.25) is 0 Å². The Morgan fingerprint density at radius 1 is 1.40 bits per heavy atom. The first kappa shape index (κ1) is 12.6. The Labute approximate surface area is 116 Å². The number of rotatable bonds is 3. The molecule has 1 aliphatic carbocycles. The molecular weight excluding hydrogens is 256 g/mol. The lowest BCUT2D eigenvalue weighted by Crippen LogP contribution is -2.19. The van der Waals surface area contributed by atoms with Crippen LogP contribution in [-0.4, -0.2) is 22.2 Å². The van der Waals surface area contributed by atoms with Gasteiger partial charge >= 0.3 is 0 Å². The second kappa shape index (κ2) is 4.93. The normalized spacial score (nSPS) is 16.8. The first-order chi connectivity index (χ1) is 9.77. The Hall–Kier alpha value is -2.42. The summed E-state index contributed by atoms with van der Waals surface area (Å²) in [6, 6.07) is 5.87. The van der Waals surface area contributed by atoms with E-state index < -0.39 is 5.41 Å². The number of hydrogen-bond acceptors (Lipinski definition) is 6. The van der Waals surface area contributed by atoms with Crippen molar-refractivity contribution in [3.8, 4) is 23.3 Å². The quantitative estimate of drug-likeness (QED) is 0.851. The van der Waals surface area contributed by atoms with Gasteiger partial charge in [-0.1, -0.05) is 18.0 Å². The zero-order chi connectivity index (χ0) is 14.0. The van der Waals surface area contributed by atoms with E-state index in [2.05, 4.69) is 21.2 Å². The highest BCUT2D eigenvalue weighted by atomic mass is 16.5. The molecule has 0 aromatic carbocycles. The number of pyridine rings is 1. The van der Waals surface area contributed by atoms with Crippen LogP contribution < -0.4 is 4.74 Å². The molecule has 0 aliphatic heterocycles. The largest absolute Gasteiger partial charge is 0.481 e. The van der Waals surface area contributed by atoms with Gasteiger partial charge in [0.2, 0.25) is 17.6 Å². The fourth-order valence-corrected chi connectivity index (χ4v) is 2.55. The number of nitrogens with zero attached hydrogens (tertiary/aromatic N) is 4. The predicted molar refractivity (Wildman–Crippen MR) is 69.8 cm³/mol. The van der Waals surface area contributed by atoms with Crippen LogP contribution in [0.1, 0.15) is 31.6 Å². The Morgan fingerprint density at radius 3 is 2.90 bits per heavy atom. The van der Waals surface area contributed by atoms with Crippen LogP contribution in [0.3, 0.4) is 0 Å². The second-order valence-electron chi connectivity index (χ2n) is 4.91. The summed E-state index contributed by atoms with van der Waals surface area (Å²) in [5.74, 6) is 1.37. The molecule has 3 rings (SSSR count). The van der Waals surface area contributed by atoms with Crippen LogP contribution in [0, 0.1) is 11.3 Å². The molecule has 102 valence electrons. The Bertz CT molecular complexity index is 653. The van der Waals surface area contributed by atoms with Gasteiger partial charge in [0.05, 0.1) is 13.2 Å². The number of hydrogen-bond donors (Lipinski definition) is 0. The van der Waals surface area contributed by atoms with E-state index in [9.17, 15) is 5.26 Å². The topological polar surface area (TPSA) is 84.8 Å². The fourth-order valence-electron chi connectivity index (χ4n) is 2.55. The predicted octanol–water partition coefficient (Wildman–Crippen LogP) is 2.48. The summed E-state index contributed by atoms with van der Waals surface area (Å²) in [5.41, 5.74) is 0.153. The van der Waals surface area contributed by atoms with E-state index in [1.165, 1.54) is 0 Å². The molecule has 1 fully saturated rings. The summed E-state index contributed by atoms with van der Waals surface area (Å²) < 4.78 is 10.4. The third-order valence-electron chi connectivity index (χ3n) is 3.71. The smallest absolute Gasteiger partial charge is 0.247 e. The molecule has 0 radical (unpaired) electrons. The molecule has 0 spiro atoms. The van der Waals surface area contributed by atoms with Crippen LogP contribution in [0.25, 0.3) is 11.4 Å². The summed E-state index contributed by atoms with van der Waals surface area (Å²) in [7, 11) is 1.55. The number of methoxy groups -OCH3 is 1. The minimum absolute atomic E-state index is 0.420. The summed E-state index contributed by atoms with van der Waals surface area (Å²) in [5, 5.41) is 13.4. The fraction of sp³-hybridized carbons (Fsp3) is 0.429. The molecular formula is C14H14N4O2. The molecule has 0 N–H and O–H groups in total. The molecule has 0 unspecified atom stereocenters. The summed E-state index contributed by atoms with van der Waals surface area (Å²) >= 11 is 0. The molecule has 0 bridgehead atoms. The van der Waals surface area contributed by atoms with E-state index in [1.807, 2.05) is 0 Å². The SMILES string of the molecule is COc1cc(-c2noc(C3(C#N)CCCC3)n2)ccn1. The third-order valence-corrected chi connectivity index (χ3v) is 3.71. The minimum Gasteiger partial charge on any atom is -0.481 e. The third kappa shape index (κ3) is 2.01. The molecule has 1 saturated carbocycles. The van der Waals surface area contributed by atoms with Gasteiger partial charge in [-0.25, -0.2) is 4.98 Å². The number of ether oxygens (including phenoxy) is 1. The van der Waals surface area contributed by atoms with Crippen molar-refractivity contribution in [3.63, 3.8) is 0 Å². The van der Waals surface area contributed by atoms with Gasteiger partial charge in [-0.15, -0.1) is 0 Å². The molecule has 2 aromatic heterocycles. The molecule has 0 atom stereocenters. The van der Waals surface area contributed by atoms with Crippen LogP contribution in [0.2, 0.25) is 0 Å². The maximum atomic E-state index is 9.42. The van der Waals surface area contributed by atoms with Crippen molar-refractivity contribution in [1.82, 2.24) is 15.1 Å². The van der Waals surface area contributed by atoms with Crippen molar-refractivity contribution < 1.29 is 9.26 Å². The molecule has 1 aliphatic rings. The van der Waals surface area contributed by atoms with Crippen molar-refractivity contribution in [2.75, 3.05) is 7.11 Å². The number of aromatic nitrogens is 3. The molecule has 6 heteroatoms. The monoisotopic (exact) mass is 270 g/mol. The number of nitriles is 1. The molecule has 2 heterocycles. The Kier molecular flexibility index (Phi) is 3.11. The van der Waals surface area contributed by atoms with E-state index in [0.717, 1.165) is 31.2 Å². The van der Waals surface area contributed by atoms with Crippen molar-refractivity contribution in [2.24, 2.45) is 0 Å². The minimum atomic E-state index is -0.609. The summed E-state index contributed by atoms with van der Waals surface area (Å²) in [6.45, 7) is 0. The van der Waals surface area contributed by atoms with Crippen molar-refractivity contribution in [3.05, 3.63) is 24.2 Å². The van der Waals surface area contributed by atoms with Crippen LogP contribution in [-0.2, 0) is 5.41 Å². The zero-order valence-electron chi connectivity index (χ0n) is 11.2. The van der Waals surface area contributed by atoms with E-state index in [4.69, 9.17) is 9.26 Å². The average Bonchev–Trinajstić information content (AvgIpc) is 3.17. The van der Waals surface area contributed by atoms with Gasteiger partial charge in [-0.2, -0.15) is 10.2 Å². The highest BCUT2D eigenvalue weighted by Crippen LogP contribution is 2.40. The Morgan fingerprint density at radius 2 is 2.20 bits per heavy atom. The van der Waals surface area contributed by atoms with Gasteiger partial charge in [0, 0.05) is 17.8 Å². The molecule has 6 nitrogen and oxygen atoms in total. The summed E-state index contributed by atoms with van der Waals surface area (Å²) in [4.78, 5) is 8.43. The highest BCUT2D eigenvalue weighted by molar-refractivity contribution is 5.55. The lowest BCUT2D eigenvalue weighted by Gasteiger charge is -2.13. The van der Waals surface area contributed by atoms with Crippen LogP contribution in [0.4, 0.5) is 0 Å². The van der Waals surface area contributed by atoms with Crippen molar-refractivity contribution in [1.29, 1.82) is 5.26 Å². The van der Waals surface area contributed by atoms with Crippen LogP contribution in [0.5, 0.6) is 5.88 Å². The van der Waals surface area contributed by atoms with E-state index in [-0.39, 0.29) is 0 Å². The van der Waals surface area contributed by atoms with Gasteiger partial charge in [0.25, 0.3) is 0 Å². The molecule has 2 aromatic rings. The van der Waals surface area contributed by atoms with Gasteiger partial charge in [0.1, 0.15) is 5.41 Å². The van der Waals surface area contributed by atoms with Gasteiger partial charge < -0.3 is 9.26 Å². The Balaban J connectivity index is 1.96. The van der Waals surface area contributed by atoms with Gasteiger partial charge in [-0.05, 0) is 18.9 Å². The molecule has 0 saturated heterocycles. The lowest BCUT2D eigenvalue weighted by molar-refractivity contribution is 0.321. The molecule has 0 amide bonds. The van der Waals surface area contributed by atoms with E-state index >= 15 is 0 Å². The second-order valence-corrected chi connectivity index (χ2v) is 4.91. The zero-order valence-corrected chi connectivity index (χ0v) is 11.2. The first-order valence-electron chi connectivity index (χ1n) is 6.53. The molecule has 20 heavy (non-hydrogen) atoms. The van der Waals surface area contributed by atoms with Gasteiger partial charge in [0.15, 0.2) is 0 Å². The maximum Gasteiger partial charge on any atom is 0.247 e. The average molecular weight is 270 g/mol. The van der Waals surface area contributed by atoms with Crippen LogP contribution >= 0.6 is 0 Å².